The van der Waals surface area contributed by atoms with E-state index in [1.54, 1.807) is 26.3 Å². The SMILES string of the molecule is CN=C(NCCc1ccccc1OC)NCc1ccc(COCC(F)(F)F)cc1.I. The first-order valence-corrected chi connectivity index (χ1v) is 9.20. The first-order chi connectivity index (χ1) is 13.9. The molecule has 166 valence electrons. The molecule has 0 saturated heterocycles. The van der Waals surface area contributed by atoms with Gasteiger partial charge in [0.25, 0.3) is 0 Å². The topological polar surface area (TPSA) is 54.9 Å². The molecule has 0 atom stereocenters. The molecule has 0 amide bonds. The maximum atomic E-state index is 12.1. The Hall–Kier alpha value is -2.01. The summed E-state index contributed by atoms with van der Waals surface area (Å²) in [5.74, 6) is 1.52. The zero-order chi connectivity index (χ0) is 21.1. The smallest absolute Gasteiger partial charge is 0.411 e. The van der Waals surface area contributed by atoms with Crippen LogP contribution in [0.2, 0.25) is 0 Å². The molecule has 30 heavy (non-hydrogen) atoms. The summed E-state index contributed by atoms with van der Waals surface area (Å²) in [5.41, 5.74) is 2.79. The molecule has 0 bridgehead atoms. The summed E-state index contributed by atoms with van der Waals surface area (Å²) in [6.07, 6.45) is -3.52. The van der Waals surface area contributed by atoms with Gasteiger partial charge in [-0.1, -0.05) is 42.5 Å². The van der Waals surface area contributed by atoms with Crippen molar-refractivity contribution in [3.63, 3.8) is 0 Å². The van der Waals surface area contributed by atoms with Crippen molar-refractivity contribution >= 4 is 29.9 Å². The van der Waals surface area contributed by atoms with E-state index in [9.17, 15) is 13.2 Å². The van der Waals surface area contributed by atoms with Gasteiger partial charge in [0.15, 0.2) is 5.96 Å². The molecule has 9 heteroatoms. The fourth-order valence-corrected chi connectivity index (χ4v) is 2.67. The number of aliphatic imine (C=N–C) groups is 1. The van der Waals surface area contributed by atoms with Crippen LogP contribution < -0.4 is 15.4 Å². The lowest BCUT2D eigenvalue weighted by Gasteiger charge is -2.13. The summed E-state index contributed by atoms with van der Waals surface area (Å²) in [6, 6.07) is 15.1. The van der Waals surface area contributed by atoms with Gasteiger partial charge in [-0.05, 0) is 29.2 Å². The molecule has 2 aromatic rings. The molecule has 0 aliphatic carbocycles. The van der Waals surface area contributed by atoms with Gasteiger partial charge in [-0.3, -0.25) is 4.99 Å². The molecule has 5 nitrogen and oxygen atoms in total. The molecule has 2 rings (SSSR count). The number of rotatable bonds is 9. The summed E-state index contributed by atoms with van der Waals surface area (Å²) in [7, 11) is 3.35. The van der Waals surface area contributed by atoms with Crippen LogP contribution in [0.5, 0.6) is 5.75 Å². The third kappa shape index (κ3) is 9.66. The number of hydrogen-bond acceptors (Lipinski definition) is 3. The molecular weight excluding hydrogens is 510 g/mol. The molecule has 2 aromatic carbocycles. The molecule has 2 N–H and O–H groups in total. The normalized spacial score (nSPS) is 11.6. The Kier molecular flexibility index (Phi) is 11.6. The third-order valence-electron chi connectivity index (χ3n) is 4.12. The highest BCUT2D eigenvalue weighted by molar-refractivity contribution is 14.0. The first-order valence-electron chi connectivity index (χ1n) is 9.20. The Morgan fingerprint density at radius 3 is 2.30 bits per heavy atom. The second-order valence-electron chi connectivity index (χ2n) is 6.34. The highest BCUT2D eigenvalue weighted by atomic mass is 127. The van der Waals surface area contributed by atoms with E-state index in [1.165, 1.54) is 0 Å². The number of nitrogens with zero attached hydrogens (tertiary/aromatic N) is 1. The molecule has 0 heterocycles. The second-order valence-corrected chi connectivity index (χ2v) is 6.34. The van der Waals surface area contributed by atoms with Crippen molar-refractivity contribution in [3.05, 3.63) is 65.2 Å². The van der Waals surface area contributed by atoms with Gasteiger partial charge in [-0.15, -0.1) is 24.0 Å². The van der Waals surface area contributed by atoms with Crippen molar-refractivity contribution in [3.8, 4) is 5.75 Å². The van der Waals surface area contributed by atoms with Crippen LogP contribution in [0.25, 0.3) is 0 Å². The summed E-state index contributed by atoms with van der Waals surface area (Å²) in [5, 5.41) is 6.46. The summed E-state index contributed by atoms with van der Waals surface area (Å²) in [6.45, 7) is -0.0832. The van der Waals surface area contributed by atoms with Crippen molar-refractivity contribution in [1.82, 2.24) is 10.6 Å². The summed E-state index contributed by atoms with van der Waals surface area (Å²) in [4.78, 5) is 4.19. The van der Waals surface area contributed by atoms with Gasteiger partial charge >= 0.3 is 6.18 Å². The van der Waals surface area contributed by atoms with Crippen LogP contribution in [0, 0.1) is 0 Å². The Bertz CT molecular complexity index is 784. The van der Waals surface area contributed by atoms with Gasteiger partial charge in [-0.25, -0.2) is 0 Å². The lowest BCUT2D eigenvalue weighted by Crippen LogP contribution is -2.37. The summed E-state index contributed by atoms with van der Waals surface area (Å²) < 4.78 is 46.3. The number of hydrogen-bond donors (Lipinski definition) is 2. The van der Waals surface area contributed by atoms with Gasteiger partial charge in [0, 0.05) is 20.1 Å². The van der Waals surface area contributed by atoms with Gasteiger partial charge in [0.05, 0.1) is 13.7 Å². The maximum absolute atomic E-state index is 12.1. The fourth-order valence-electron chi connectivity index (χ4n) is 2.67. The van der Waals surface area contributed by atoms with Crippen molar-refractivity contribution in [1.29, 1.82) is 0 Å². The Morgan fingerprint density at radius 1 is 1.00 bits per heavy atom. The molecule has 0 fully saturated rings. The van der Waals surface area contributed by atoms with E-state index in [0.29, 0.717) is 24.6 Å². The number of nitrogens with one attached hydrogen (secondary N) is 2. The molecule has 0 radical (unpaired) electrons. The molecule has 0 saturated carbocycles. The van der Waals surface area contributed by atoms with E-state index < -0.39 is 12.8 Å². The quantitative estimate of drug-likeness (QED) is 0.285. The van der Waals surface area contributed by atoms with E-state index in [0.717, 1.165) is 23.3 Å². The highest BCUT2D eigenvalue weighted by Gasteiger charge is 2.27. The van der Waals surface area contributed by atoms with Gasteiger partial charge in [0.2, 0.25) is 0 Å². The number of para-hydroxylation sites is 1. The van der Waals surface area contributed by atoms with Crippen LogP contribution in [0.1, 0.15) is 16.7 Å². The van der Waals surface area contributed by atoms with Crippen molar-refractivity contribution in [2.24, 2.45) is 4.99 Å². The standard InChI is InChI=1S/C21H26F3N3O2.HI/c1-25-20(26-12-11-18-5-3-4-6-19(18)28-2)27-13-16-7-9-17(10-8-16)14-29-15-21(22,23)24;/h3-10H,11-15H2,1-2H3,(H2,25,26,27);1H. The Morgan fingerprint density at radius 2 is 1.67 bits per heavy atom. The molecule has 0 unspecified atom stereocenters. The number of alkyl halides is 3. The van der Waals surface area contributed by atoms with Crippen LogP contribution in [0.4, 0.5) is 13.2 Å². The predicted octanol–water partition coefficient (Wildman–Crippen LogP) is 4.30. The van der Waals surface area contributed by atoms with Crippen LogP contribution in [-0.2, 0) is 24.3 Å². The van der Waals surface area contributed by atoms with E-state index in [1.807, 2.05) is 36.4 Å². The minimum atomic E-state index is -4.31. The predicted molar refractivity (Wildman–Crippen MR) is 122 cm³/mol. The van der Waals surface area contributed by atoms with Crippen LogP contribution >= 0.6 is 24.0 Å². The van der Waals surface area contributed by atoms with E-state index in [4.69, 9.17) is 4.74 Å². The molecule has 0 spiro atoms. The molecule has 0 aromatic heterocycles. The Labute approximate surface area is 192 Å². The minimum absolute atomic E-state index is 0. The summed E-state index contributed by atoms with van der Waals surface area (Å²) >= 11 is 0. The first kappa shape index (κ1) is 26.0. The number of halogens is 4. The van der Waals surface area contributed by atoms with E-state index in [2.05, 4.69) is 20.4 Å². The van der Waals surface area contributed by atoms with Gasteiger partial charge < -0.3 is 20.1 Å². The van der Waals surface area contributed by atoms with Crippen LogP contribution in [-0.4, -0.2) is 39.4 Å². The largest absolute Gasteiger partial charge is 0.496 e. The highest BCUT2D eigenvalue weighted by Crippen LogP contribution is 2.17. The van der Waals surface area contributed by atoms with E-state index >= 15 is 0 Å². The monoisotopic (exact) mass is 537 g/mol. The lowest BCUT2D eigenvalue weighted by molar-refractivity contribution is -0.176. The van der Waals surface area contributed by atoms with Crippen molar-refractivity contribution in [2.45, 2.75) is 25.7 Å². The average Bonchev–Trinajstić information content (AvgIpc) is 2.71. The average molecular weight is 537 g/mol. The minimum Gasteiger partial charge on any atom is -0.496 e. The molecule has 0 aliphatic rings. The van der Waals surface area contributed by atoms with Crippen molar-refractivity contribution < 1.29 is 22.6 Å². The zero-order valence-corrected chi connectivity index (χ0v) is 19.3. The molecular formula is C21H27F3IN3O2. The van der Waals surface area contributed by atoms with Crippen LogP contribution in [0.3, 0.4) is 0 Å². The van der Waals surface area contributed by atoms with Gasteiger partial charge in [0.1, 0.15) is 12.4 Å². The van der Waals surface area contributed by atoms with Gasteiger partial charge in [-0.2, -0.15) is 13.2 Å². The van der Waals surface area contributed by atoms with Crippen molar-refractivity contribution in [2.75, 3.05) is 27.3 Å². The van der Waals surface area contributed by atoms with Crippen LogP contribution in [0.15, 0.2) is 53.5 Å². The maximum Gasteiger partial charge on any atom is 0.411 e. The van der Waals surface area contributed by atoms with E-state index in [-0.39, 0.29) is 30.6 Å². The number of ether oxygens (including phenoxy) is 2. The number of methoxy groups -OCH3 is 1. The zero-order valence-electron chi connectivity index (χ0n) is 17.0. The lowest BCUT2D eigenvalue weighted by atomic mass is 10.1. The number of guanidine groups is 1. The Balaban J connectivity index is 0.00000450. The molecule has 0 aliphatic heterocycles. The number of benzene rings is 2. The second kappa shape index (κ2) is 13.3. The fraction of sp³-hybridized carbons (Fsp3) is 0.381. The third-order valence-corrected chi connectivity index (χ3v) is 4.12.